The first-order valence-electron chi connectivity index (χ1n) is 10.1. The fourth-order valence-electron chi connectivity index (χ4n) is 3.97. The molecule has 0 bridgehead atoms. The molecule has 0 fully saturated rings. The maximum Gasteiger partial charge on any atom is 0.407 e. The molecule has 0 aliphatic carbocycles. The summed E-state index contributed by atoms with van der Waals surface area (Å²) in [6.07, 6.45) is 4.87. The van der Waals surface area contributed by atoms with E-state index >= 15 is 0 Å². The molecule has 8 heteroatoms. The highest BCUT2D eigenvalue weighted by Crippen LogP contribution is 2.36. The standard InChI is InChI=1S/C23H25N5O3/c1-23(2,3)19-13-15(8-11-28(19)22(30)31)14-4-5-18-17(12-14)20(27-26-18)21(29)25-16-6-9-24-10-7-16/h4-10,12,19H,11,13H2,1-3H3,(H,26,27)(H,30,31)(H,24,25,29). The molecule has 4 rings (SSSR count). The van der Waals surface area contributed by atoms with Gasteiger partial charge in [0.2, 0.25) is 0 Å². The van der Waals surface area contributed by atoms with Crippen LogP contribution in [0.1, 0.15) is 43.2 Å². The van der Waals surface area contributed by atoms with Crippen molar-refractivity contribution in [3.05, 3.63) is 60.1 Å². The zero-order valence-electron chi connectivity index (χ0n) is 17.7. The number of hydrogen-bond donors (Lipinski definition) is 3. The van der Waals surface area contributed by atoms with Gasteiger partial charge in [-0.25, -0.2) is 4.79 Å². The molecule has 0 spiro atoms. The number of benzene rings is 1. The molecule has 3 N–H and O–H groups in total. The van der Waals surface area contributed by atoms with E-state index in [4.69, 9.17) is 0 Å². The van der Waals surface area contributed by atoms with E-state index in [1.54, 1.807) is 24.5 Å². The quantitative estimate of drug-likeness (QED) is 0.583. The number of carbonyl (C=O) groups is 2. The Morgan fingerprint density at radius 1 is 1.19 bits per heavy atom. The number of nitrogens with one attached hydrogen (secondary N) is 2. The second-order valence-corrected chi connectivity index (χ2v) is 8.77. The summed E-state index contributed by atoms with van der Waals surface area (Å²) in [4.78, 5) is 29.9. The highest BCUT2D eigenvalue weighted by atomic mass is 16.4. The van der Waals surface area contributed by atoms with Crippen molar-refractivity contribution in [2.24, 2.45) is 5.41 Å². The maximum absolute atomic E-state index is 12.8. The largest absolute Gasteiger partial charge is 0.465 e. The first-order chi connectivity index (χ1) is 14.7. The minimum atomic E-state index is -0.907. The maximum atomic E-state index is 12.8. The summed E-state index contributed by atoms with van der Waals surface area (Å²) in [6.45, 7) is 6.50. The molecular weight excluding hydrogens is 394 g/mol. The summed E-state index contributed by atoms with van der Waals surface area (Å²) < 4.78 is 0. The lowest BCUT2D eigenvalue weighted by atomic mass is 9.79. The number of fused-ring (bicyclic) bond motifs is 1. The van der Waals surface area contributed by atoms with Gasteiger partial charge in [-0.2, -0.15) is 5.10 Å². The Labute approximate surface area is 180 Å². The second kappa shape index (κ2) is 7.86. The molecule has 1 unspecified atom stereocenters. The molecule has 1 aromatic carbocycles. The molecule has 1 aliphatic rings. The Balaban J connectivity index is 1.66. The van der Waals surface area contributed by atoms with E-state index in [1.165, 1.54) is 4.90 Å². The SMILES string of the molecule is CC(C)(C)C1CC(c2ccc3[nH]nc(C(=O)Nc4ccncc4)c3c2)=CCN1C(=O)O. The first-order valence-corrected chi connectivity index (χ1v) is 10.1. The Hall–Kier alpha value is -3.68. The Kier molecular flexibility index (Phi) is 5.22. The Morgan fingerprint density at radius 2 is 1.94 bits per heavy atom. The number of aromatic nitrogens is 3. The van der Waals surface area contributed by atoms with Crippen LogP contribution >= 0.6 is 0 Å². The third-order valence-electron chi connectivity index (χ3n) is 5.66. The number of hydrogen-bond acceptors (Lipinski definition) is 4. The summed E-state index contributed by atoms with van der Waals surface area (Å²) in [7, 11) is 0. The number of carboxylic acid groups (broad SMARTS) is 1. The van der Waals surface area contributed by atoms with Crippen molar-refractivity contribution in [3.8, 4) is 0 Å². The number of rotatable bonds is 3. The van der Waals surface area contributed by atoms with Crippen LogP contribution in [-0.2, 0) is 0 Å². The molecule has 3 heterocycles. The number of nitrogens with zero attached hydrogens (tertiary/aromatic N) is 3. The summed E-state index contributed by atoms with van der Waals surface area (Å²) >= 11 is 0. The van der Waals surface area contributed by atoms with Crippen molar-refractivity contribution in [1.82, 2.24) is 20.1 Å². The van der Waals surface area contributed by atoms with E-state index in [2.05, 4.69) is 41.3 Å². The van der Waals surface area contributed by atoms with Gasteiger partial charge >= 0.3 is 6.09 Å². The zero-order chi connectivity index (χ0) is 22.2. The lowest BCUT2D eigenvalue weighted by Gasteiger charge is -2.41. The van der Waals surface area contributed by atoms with Crippen LogP contribution in [0.4, 0.5) is 10.5 Å². The fourth-order valence-corrected chi connectivity index (χ4v) is 3.97. The highest BCUT2D eigenvalue weighted by molar-refractivity contribution is 6.11. The lowest BCUT2D eigenvalue weighted by molar-refractivity contribution is 0.0884. The van der Waals surface area contributed by atoms with Crippen molar-refractivity contribution < 1.29 is 14.7 Å². The van der Waals surface area contributed by atoms with Gasteiger partial charge in [0.05, 0.1) is 5.52 Å². The van der Waals surface area contributed by atoms with Gasteiger partial charge in [0, 0.05) is 36.1 Å². The molecule has 3 aromatic rings. The number of carbonyl (C=O) groups excluding carboxylic acids is 1. The van der Waals surface area contributed by atoms with E-state index in [1.807, 2.05) is 24.3 Å². The number of aromatic amines is 1. The van der Waals surface area contributed by atoms with E-state index in [-0.39, 0.29) is 17.4 Å². The minimum Gasteiger partial charge on any atom is -0.465 e. The van der Waals surface area contributed by atoms with Gasteiger partial charge in [-0.15, -0.1) is 0 Å². The Bertz CT molecular complexity index is 1160. The number of amides is 2. The zero-order valence-corrected chi connectivity index (χ0v) is 17.7. The molecule has 160 valence electrons. The first kappa shape index (κ1) is 20.6. The molecule has 8 nitrogen and oxygen atoms in total. The Morgan fingerprint density at radius 3 is 2.61 bits per heavy atom. The predicted octanol–water partition coefficient (Wildman–Crippen LogP) is 4.39. The predicted molar refractivity (Wildman–Crippen MR) is 119 cm³/mol. The normalized spacial score (nSPS) is 16.8. The average molecular weight is 419 g/mol. The highest BCUT2D eigenvalue weighted by Gasteiger charge is 2.36. The second-order valence-electron chi connectivity index (χ2n) is 8.77. The van der Waals surface area contributed by atoms with Crippen LogP contribution in [0, 0.1) is 5.41 Å². The van der Waals surface area contributed by atoms with Crippen molar-refractivity contribution in [2.45, 2.75) is 33.2 Å². The van der Waals surface area contributed by atoms with E-state index < -0.39 is 6.09 Å². The molecule has 2 amide bonds. The topological polar surface area (TPSA) is 111 Å². The van der Waals surface area contributed by atoms with Gasteiger partial charge in [0.1, 0.15) is 0 Å². The molecule has 31 heavy (non-hydrogen) atoms. The van der Waals surface area contributed by atoms with Crippen LogP contribution in [0.2, 0.25) is 0 Å². The van der Waals surface area contributed by atoms with Crippen molar-refractivity contribution in [3.63, 3.8) is 0 Å². The lowest BCUT2D eigenvalue weighted by Crippen LogP contribution is -2.48. The van der Waals surface area contributed by atoms with Crippen LogP contribution in [0.15, 0.2) is 48.8 Å². The van der Waals surface area contributed by atoms with Gasteiger partial charge in [-0.3, -0.25) is 14.9 Å². The van der Waals surface area contributed by atoms with Crippen molar-refractivity contribution >= 4 is 34.2 Å². The van der Waals surface area contributed by atoms with Gasteiger partial charge in [-0.05, 0) is 47.2 Å². The van der Waals surface area contributed by atoms with Crippen LogP contribution in [0.25, 0.3) is 16.5 Å². The molecule has 0 saturated carbocycles. The van der Waals surface area contributed by atoms with E-state index in [0.717, 1.165) is 22.0 Å². The van der Waals surface area contributed by atoms with Gasteiger partial charge in [-0.1, -0.05) is 32.9 Å². The summed E-state index contributed by atoms with van der Waals surface area (Å²) in [5.74, 6) is -0.308. The monoisotopic (exact) mass is 419 g/mol. The van der Waals surface area contributed by atoms with E-state index in [9.17, 15) is 14.7 Å². The van der Waals surface area contributed by atoms with Gasteiger partial charge < -0.3 is 15.3 Å². The number of pyridine rings is 1. The smallest absolute Gasteiger partial charge is 0.407 e. The van der Waals surface area contributed by atoms with Crippen LogP contribution < -0.4 is 5.32 Å². The minimum absolute atomic E-state index is 0.139. The third kappa shape index (κ3) is 4.14. The number of H-pyrrole nitrogens is 1. The fraction of sp³-hybridized carbons (Fsp3) is 0.304. The van der Waals surface area contributed by atoms with Crippen molar-refractivity contribution in [2.75, 3.05) is 11.9 Å². The van der Waals surface area contributed by atoms with Crippen LogP contribution in [-0.4, -0.2) is 49.8 Å². The molecule has 0 saturated heterocycles. The van der Waals surface area contributed by atoms with Crippen LogP contribution in [0.3, 0.4) is 0 Å². The summed E-state index contributed by atoms with van der Waals surface area (Å²) in [5, 5.41) is 20.3. The third-order valence-corrected chi connectivity index (χ3v) is 5.66. The summed E-state index contributed by atoms with van der Waals surface area (Å²) in [5.41, 5.74) is 3.55. The van der Waals surface area contributed by atoms with Gasteiger partial charge in [0.25, 0.3) is 5.91 Å². The molecule has 2 aromatic heterocycles. The molecule has 0 radical (unpaired) electrons. The van der Waals surface area contributed by atoms with Crippen LogP contribution in [0.5, 0.6) is 0 Å². The average Bonchev–Trinajstić information content (AvgIpc) is 3.16. The molecular formula is C23H25N5O3. The van der Waals surface area contributed by atoms with E-state index in [0.29, 0.717) is 24.3 Å². The van der Waals surface area contributed by atoms with Crippen molar-refractivity contribution in [1.29, 1.82) is 0 Å². The molecule has 1 aliphatic heterocycles. The molecule has 1 atom stereocenters. The number of anilines is 1. The van der Waals surface area contributed by atoms with Gasteiger partial charge in [0.15, 0.2) is 5.69 Å². The summed E-state index contributed by atoms with van der Waals surface area (Å²) in [6, 6.07) is 9.12.